The van der Waals surface area contributed by atoms with Crippen LogP contribution >= 0.6 is 0 Å². The third-order valence-corrected chi connectivity index (χ3v) is 5.43. The van der Waals surface area contributed by atoms with Gasteiger partial charge in [-0.1, -0.05) is 6.42 Å². The van der Waals surface area contributed by atoms with Gasteiger partial charge in [0, 0.05) is 43.5 Å². The lowest BCUT2D eigenvalue weighted by Crippen LogP contribution is -2.68. The van der Waals surface area contributed by atoms with Crippen molar-refractivity contribution in [3.8, 4) is 0 Å². The van der Waals surface area contributed by atoms with Crippen molar-refractivity contribution in [3.05, 3.63) is 18.7 Å². The van der Waals surface area contributed by atoms with Crippen molar-refractivity contribution in [1.29, 1.82) is 0 Å². The van der Waals surface area contributed by atoms with Gasteiger partial charge in [0.05, 0.1) is 12.4 Å². The highest BCUT2D eigenvalue weighted by molar-refractivity contribution is 5.74. The Bertz CT molecular complexity index is 499. The van der Waals surface area contributed by atoms with Crippen molar-refractivity contribution in [1.82, 2.24) is 20.2 Å². The molecular formula is C17H28N4O2. The van der Waals surface area contributed by atoms with E-state index in [1.807, 2.05) is 19.4 Å². The number of hydrogen-bond donors (Lipinski definition) is 2. The van der Waals surface area contributed by atoms with Gasteiger partial charge in [0.2, 0.25) is 0 Å². The molecule has 0 unspecified atom stereocenters. The standard InChI is InChI=1S/C17H28N4O2/c1-2-23-15-12-14(17(15)6-5-7-17)20-16(22)19-8-3-4-10-21-11-9-18-13-21/h9,11,13-15H,2-8,10,12H2,1H3,(H2,19,20,22)/t14-,15+/m1/s1. The number of aromatic nitrogens is 2. The third kappa shape index (κ3) is 3.52. The van der Waals surface area contributed by atoms with Gasteiger partial charge >= 0.3 is 6.03 Å². The van der Waals surface area contributed by atoms with Crippen molar-refractivity contribution in [3.63, 3.8) is 0 Å². The first-order chi connectivity index (χ1) is 11.2. The van der Waals surface area contributed by atoms with E-state index in [1.54, 1.807) is 6.20 Å². The van der Waals surface area contributed by atoms with Gasteiger partial charge in [0.1, 0.15) is 0 Å². The largest absolute Gasteiger partial charge is 0.378 e. The fraction of sp³-hybridized carbons (Fsp3) is 0.765. The molecule has 2 aliphatic carbocycles. The fourth-order valence-electron chi connectivity index (χ4n) is 3.89. The van der Waals surface area contributed by atoms with Crippen LogP contribution in [0.15, 0.2) is 18.7 Å². The summed E-state index contributed by atoms with van der Waals surface area (Å²) in [5.41, 5.74) is 0.231. The maximum atomic E-state index is 12.1. The summed E-state index contributed by atoms with van der Waals surface area (Å²) in [5, 5.41) is 6.14. The number of hydrogen-bond acceptors (Lipinski definition) is 3. The quantitative estimate of drug-likeness (QED) is 0.722. The fourth-order valence-corrected chi connectivity index (χ4v) is 3.89. The molecule has 1 aromatic heterocycles. The van der Waals surface area contributed by atoms with Crippen molar-refractivity contribution in [2.24, 2.45) is 5.41 Å². The minimum atomic E-state index is -0.0288. The first kappa shape index (κ1) is 16.3. The Morgan fingerprint density at radius 3 is 2.96 bits per heavy atom. The lowest BCUT2D eigenvalue weighted by atomic mass is 9.51. The molecule has 0 saturated heterocycles. The predicted molar refractivity (Wildman–Crippen MR) is 88.1 cm³/mol. The highest BCUT2D eigenvalue weighted by atomic mass is 16.5. The second kappa shape index (κ2) is 7.34. The first-order valence-corrected chi connectivity index (χ1v) is 8.86. The number of carbonyl (C=O) groups excluding carboxylic acids is 1. The van der Waals surface area contributed by atoms with Crippen LogP contribution in [0, 0.1) is 5.41 Å². The number of carbonyl (C=O) groups is 1. The van der Waals surface area contributed by atoms with E-state index in [0.29, 0.717) is 12.1 Å². The smallest absolute Gasteiger partial charge is 0.315 e. The van der Waals surface area contributed by atoms with E-state index < -0.39 is 0 Å². The minimum absolute atomic E-state index is 0.0288. The molecule has 2 aliphatic rings. The lowest BCUT2D eigenvalue weighted by molar-refractivity contribution is -0.169. The number of nitrogens with one attached hydrogen (secondary N) is 2. The highest BCUT2D eigenvalue weighted by Gasteiger charge is 2.59. The van der Waals surface area contributed by atoms with Gasteiger partial charge in [-0.3, -0.25) is 0 Å². The summed E-state index contributed by atoms with van der Waals surface area (Å²) in [6.07, 6.45) is 12.5. The van der Waals surface area contributed by atoms with E-state index in [0.717, 1.165) is 39.0 Å². The average molecular weight is 320 g/mol. The van der Waals surface area contributed by atoms with E-state index in [9.17, 15) is 4.79 Å². The molecule has 0 aliphatic heterocycles. The summed E-state index contributed by atoms with van der Waals surface area (Å²) in [7, 11) is 0. The van der Waals surface area contributed by atoms with Crippen molar-refractivity contribution in [2.75, 3.05) is 13.2 Å². The van der Waals surface area contributed by atoms with Crippen LogP contribution in [0.3, 0.4) is 0 Å². The molecule has 1 aromatic rings. The Kier molecular flexibility index (Phi) is 5.20. The maximum Gasteiger partial charge on any atom is 0.315 e. The normalized spacial score (nSPS) is 24.7. The zero-order valence-corrected chi connectivity index (χ0v) is 14.0. The van der Waals surface area contributed by atoms with Gasteiger partial charge < -0.3 is 19.9 Å². The summed E-state index contributed by atoms with van der Waals surface area (Å²) in [5.74, 6) is 0. The first-order valence-electron chi connectivity index (χ1n) is 8.86. The molecule has 2 N–H and O–H groups in total. The molecule has 1 heterocycles. The molecule has 0 bridgehead atoms. The van der Waals surface area contributed by atoms with Crippen LogP contribution in [-0.2, 0) is 11.3 Å². The summed E-state index contributed by atoms with van der Waals surface area (Å²) in [6, 6.07) is 0.262. The highest BCUT2D eigenvalue weighted by Crippen LogP contribution is 2.57. The van der Waals surface area contributed by atoms with Gasteiger partial charge in [0.15, 0.2) is 0 Å². The molecule has 6 nitrogen and oxygen atoms in total. The van der Waals surface area contributed by atoms with Crippen LogP contribution < -0.4 is 10.6 Å². The lowest BCUT2D eigenvalue weighted by Gasteiger charge is -2.60. The zero-order chi connectivity index (χ0) is 16.1. The molecule has 23 heavy (non-hydrogen) atoms. The second-order valence-corrected chi connectivity index (χ2v) is 6.73. The molecule has 0 aromatic carbocycles. The number of aryl methyl sites for hydroxylation is 1. The van der Waals surface area contributed by atoms with Crippen molar-refractivity contribution >= 4 is 6.03 Å². The van der Waals surface area contributed by atoms with E-state index in [2.05, 4.69) is 20.2 Å². The van der Waals surface area contributed by atoms with Gasteiger partial charge in [-0.25, -0.2) is 9.78 Å². The molecule has 1 spiro atoms. The topological polar surface area (TPSA) is 68.2 Å². The number of nitrogens with zero attached hydrogens (tertiary/aromatic N) is 2. The second-order valence-electron chi connectivity index (χ2n) is 6.73. The predicted octanol–water partition coefficient (Wildman–Crippen LogP) is 2.31. The van der Waals surface area contributed by atoms with Gasteiger partial charge in [-0.2, -0.15) is 0 Å². The Hall–Kier alpha value is -1.56. The molecule has 3 rings (SSSR count). The molecule has 2 amide bonds. The van der Waals surface area contributed by atoms with E-state index in [1.165, 1.54) is 19.3 Å². The van der Waals surface area contributed by atoms with E-state index in [-0.39, 0.29) is 11.4 Å². The molecule has 2 saturated carbocycles. The molecule has 2 fully saturated rings. The number of urea groups is 1. The van der Waals surface area contributed by atoms with Crippen molar-refractivity contribution < 1.29 is 9.53 Å². The van der Waals surface area contributed by atoms with Crippen LogP contribution in [0.5, 0.6) is 0 Å². The number of rotatable bonds is 8. The van der Waals surface area contributed by atoms with Gasteiger partial charge in [-0.05, 0) is 39.0 Å². The molecule has 2 atom stereocenters. The third-order valence-electron chi connectivity index (χ3n) is 5.43. The SMILES string of the molecule is CCO[C@H]1C[C@@H](NC(=O)NCCCCn2ccnc2)C12CCC2. The molecule has 0 radical (unpaired) electrons. The Balaban J connectivity index is 1.31. The van der Waals surface area contributed by atoms with Crippen LogP contribution in [-0.4, -0.2) is 40.9 Å². The average Bonchev–Trinajstić information content (AvgIpc) is 2.97. The van der Waals surface area contributed by atoms with Crippen molar-refractivity contribution in [2.45, 2.75) is 64.1 Å². The number of ether oxygens (including phenoxy) is 1. The number of imidazole rings is 1. The summed E-state index contributed by atoms with van der Waals surface area (Å²) in [4.78, 5) is 16.1. The summed E-state index contributed by atoms with van der Waals surface area (Å²) < 4.78 is 7.87. The molecule has 128 valence electrons. The van der Waals surface area contributed by atoms with Crippen LogP contribution in [0.1, 0.15) is 45.4 Å². The number of amides is 2. The Morgan fingerprint density at radius 2 is 2.30 bits per heavy atom. The van der Waals surface area contributed by atoms with E-state index >= 15 is 0 Å². The summed E-state index contributed by atoms with van der Waals surface area (Å²) in [6.45, 7) is 4.48. The Labute approximate surface area is 138 Å². The van der Waals surface area contributed by atoms with Crippen LogP contribution in [0.4, 0.5) is 4.79 Å². The van der Waals surface area contributed by atoms with Gasteiger partial charge in [0.25, 0.3) is 0 Å². The number of unbranched alkanes of at least 4 members (excludes halogenated alkanes) is 1. The monoisotopic (exact) mass is 320 g/mol. The Morgan fingerprint density at radius 1 is 1.43 bits per heavy atom. The zero-order valence-electron chi connectivity index (χ0n) is 14.0. The summed E-state index contributed by atoms with van der Waals surface area (Å²) >= 11 is 0. The maximum absolute atomic E-state index is 12.1. The molecular weight excluding hydrogens is 292 g/mol. The van der Waals surface area contributed by atoms with Crippen LogP contribution in [0.25, 0.3) is 0 Å². The van der Waals surface area contributed by atoms with Gasteiger partial charge in [-0.15, -0.1) is 0 Å². The minimum Gasteiger partial charge on any atom is -0.378 e. The van der Waals surface area contributed by atoms with Crippen LogP contribution in [0.2, 0.25) is 0 Å². The molecule has 6 heteroatoms. The van der Waals surface area contributed by atoms with E-state index in [4.69, 9.17) is 4.74 Å².